The van der Waals surface area contributed by atoms with Crippen molar-refractivity contribution >= 4 is 5.91 Å². The molecule has 0 spiro atoms. The third kappa shape index (κ3) is 4.66. The Bertz CT molecular complexity index is 684. The molecule has 0 radical (unpaired) electrons. The molecule has 0 aliphatic carbocycles. The smallest absolute Gasteiger partial charge is 0.223 e. The Morgan fingerprint density at radius 1 is 1.44 bits per heavy atom. The maximum absolute atomic E-state index is 12.6. The third-order valence-corrected chi connectivity index (χ3v) is 4.92. The van der Waals surface area contributed by atoms with Crippen molar-refractivity contribution in [2.45, 2.75) is 38.6 Å². The number of hydrogen-bond acceptors (Lipinski definition) is 4. The number of piperidine rings is 1. The molecule has 1 N–H and O–H groups in total. The number of H-pyrrole nitrogens is 1. The summed E-state index contributed by atoms with van der Waals surface area (Å²) in [6.07, 6.45) is 6.39. The number of aromatic nitrogens is 3. The number of aromatic amines is 1. The predicted molar refractivity (Wildman–Crippen MR) is 97.1 cm³/mol. The van der Waals surface area contributed by atoms with Crippen LogP contribution >= 0.6 is 0 Å². The van der Waals surface area contributed by atoms with Crippen molar-refractivity contribution in [3.63, 3.8) is 0 Å². The lowest BCUT2D eigenvalue weighted by Crippen LogP contribution is -2.40. The van der Waals surface area contributed by atoms with E-state index in [1.807, 2.05) is 36.3 Å². The van der Waals surface area contributed by atoms with E-state index >= 15 is 0 Å². The Morgan fingerprint density at radius 2 is 2.32 bits per heavy atom. The molecule has 0 aromatic carbocycles. The van der Waals surface area contributed by atoms with Gasteiger partial charge in [-0.15, -0.1) is 0 Å². The second-order valence-corrected chi connectivity index (χ2v) is 6.95. The van der Waals surface area contributed by atoms with E-state index < -0.39 is 0 Å². The topological polar surface area (TPSA) is 65.1 Å². The first-order chi connectivity index (χ1) is 12.1. The summed E-state index contributed by atoms with van der Waals surface area (Å²) in [5, 5.41) is 7.23. The number of likely N-dealkylation sites (tertiary alicyclic amines) is 1. The average molecular weight is 341 g/mol. The van der Waals surface area contributed by atoms with Gasteiger partial charge in [0.2, 0.25) is 5.91 Å². The van der Waals surface area contributed by atoms with Crippen LogP contribution in [-0.4, -0.2) is 57.6 Å². The quantitative estimate of drug-likeness (QED) is 0.876. The number of nitrogens with zero attached hydrogens (tertiary/aromatic N) is 4. The van der Waals surface area contributed by atoms with Crippen LogP contribution in [0.5, 0.6) is 0 Å². The highest BCUT2D eigenvalue weighted by atomic mass is 16.2. The van der Waals surface area contributed by atoms with Crippen molar-refractivity contribution in [2.75, 3.05) is 26.7 Å². The fourth-order valence-electron chi connectivity index (χ4n) is 3.50. The van der Waals surface area contributed by atoms with Crippen LogP contribution in [0, 0.1) is 6.92 Å². The standard InChI is InChI=1S/C19H27N5O/c1-15-12-21-22-19(15)16-6-5-10-24(13-16)18(25)8-11-23(2)14-17-7-3-4-9-20-17/h3-4,7,9,12,16H,5-6,8,10-11,13-14H2,1-2H3,(H,21,22)/t16-/m0/s1. The van der Waals surface area contributed by atoms with Crippen LogP contribution in [0.2, 0.25) is 0 Å². The van der Waals surface area contributed by atoms with Crippen molar-refractivity contribution in [1.29, 1.82) is 0 Å². The van der Waals surface area contributed by atoms with E-state index in [9.17, 15) is 4.79 Å². The van der Waals surface area contributed by atoms with E-state index in [2.05, 4.69) is 27.0 Å². The van der Waals surface area contributed by atoms with Crippen molar-refractivity contribution in [1.82, 2.24) is 25.0 Å². The Labute approximate surface area is 149 Å². The molecule has 1 fully saturated rings. The molecule has 2 aromatic heterocycles. The molecule has 1 atom stereocenters. The highest BCUT2D eigenvalue weighted by Gasteiger charge is 2.26. The van der Waals surface area contributed by atoms with Crippen molar-refractivity contribution < 1.29 is 4.79 Å². The van der Waals surface area contributed by atoms with E-state index in [4.69, 9.17) is 0 Å². The number of carbonyl (C=O) groups excluding carboxylic acids is 1. The van der Waals surface area contributed by atoms with Crippen molar-refractivity contribution in [3.05, 3.63) is 47.5 Å². The molecular formula is C19H27N5O. The first-order valence-corrected chi connectivity index (χ1v) is 8.99. The summed E-state index contributed by atoms with van der Waals surface area (Å²) >= 11 is 0. The third-order valence-electron chi connectivity index (χ3n) is 4.92. The zero-order chi connectivity index (χ0) is 17.6. The van der Waals surface area contributed by atoms with Crippen LogP contribution < -0.4 is 0 Å². The van der Waals surface area contributed by atoms with Crippen molar-refractivity contribution in [2.24, 2.45) is 0 Å². The number of pyridine rings is 1. The van der Waals surface area contributed by atoms with Gasteiger partial charge < -0.3 is 9.80 Å². The van der Waals surface area contributed by atoms with Crippen molar-refractivity contribution in [3.8, 4) is 0 Å². The molecule has 6 heteroatoms. The lowest BCUT2D eigenvalue weighted by molar-refractivity contribution is -0.132. The van der Waals surface area contributed by atoms with Gasteiger partial charge in [-0.2, -0.15) is 5.10 Å². The van der Waals surface area contributed by atoms with Crippen LogP contribution in [0.15, 0.2) is 30.6 Å². The van der Waals surface area contributed by atoms with Gasteiger partial charge in [0, 0.05) is 50.4 Å². The first kappa shape index (κ1) is 17.6. The molecule has 3 rings (SSSR count). The number of nitrogens with one attached hydrogen (secondary N) is 1. The molecule has 25 heavy (non-hydrogen) atoms. The summed E-state index contributed by atoms with van der Waals surface area (Å²) in [7, 11) is 2.04. The minimum Gasteiger partial charge on any atom is -0.342 e. The molecule has 0 bridgehead atoms. The monoisotopic (exact) mass is 341 g/mol. The van der Waals surface area contributed by atoms with Gasteiger partial charge in [-0.25, -0.2) is 0 Å². The van der Waals surface area contributed by atoms with Gasteiger partial charge in [0.15, 0.2) is 0 Å². The molecule has 6 nitrogen and oxygen atoms in total. The fraction of sp³-hybridized carbons (Fsp3) is 0.526. The van der Waals surface area contributed by atoms with Crippen LogP contribution in [0.1, 0.15) is 42.1 Å². The van der Waals surface area contributed by atoms with Gasteiger partial charge >= 0.3 is 0 Å². The Kier molecular flexibility index (Phi) is 5.81. The van der Waals surface area contributed by atoms with Gasteiger partial charge in [0.1, 0.15) is 0 Å². The number of aryl methyl sites for hydroxylation is 1. The molecule has 1 saturated heterocycles. The molecule has 0 unspecified atom stereocenters. The van der Waals surface area contributed by atoms with Gasteiger partial charge in [0.25, 0.3) is 0 Å². The highest BCUT2D eigenvalue weighted by Crippen LogP contribution is 2.27. The molecule has 2 aromatic rings. The minimum absolute atomic E-state index is 0.245. The van der Waals surface area contributed by atoms with E-state index in [1.165, 1.54) is 11.3 Å². The summed E-state index contributed by atoms with van der Waals surface area (Å²) in [5.74, 6) is 0.626. The summed E-state index contributed by atoms with van der Waals surface area (Å²) in [6.45, 7) is 5.26. The predicted octanol–water partition coefficient (Wildman–Crippen LogP) is 2.34. The van der Waals surface area contributed by atoms with Gasteiger partial charge in [0.05, 0.1) is 11.9 Å². The lowest BCUT2D eigenvalue weighted by atomic mass is 9.93. The van der Waals surface area contributed by atoms with E-state index in [0.717, 1.165) is 44.7 Å². The molecule has 0 saturated carbocycles. The van der Waals surface area contributed by atoms with Gasteiger partial charge in [-0.1, -0.05) is 6.07 Å². The van der Waals surface area contributed by atoms with Crippen LogP contribution in [0.4, 0.5) is 0 Å². The second-order valence-electron chi connectivity index (χ2n) is 6.95. The first-order valence-electron chi connectivity index (χ1n) is 8.99. The number of carbonyl (C=O) groups is 1. The second kappa shape index (κ2) is 8.25. The summed E-state index contributed by atoms with van der Waals surface area (Å²) in [5.41, 5.74) is 3.41. The highest BCUT2D eigenvalue weighted by molar-refractivity contribution is 5.76. The fourth-order valence-corrected chi connectivity index (χ4v) is 3.50. The number of amides is 1. The summed E-state index contributed by atoms with van der Waals surface area (Å²) in [6, 6.07) is 5.92. The normalized spacial score (nSPS) is 17.9. The Hall–Kier alpha value is -2.21. The Morgan fingerprint density at radius 3 is 3.04 bits per heavy atom. The maximum atomic E-state index is 12.6. The molecular weight excluding hydrogens is 314 g/mol. The van der Waals surface area contributed by atoms with E-state index in [1.54, 1.807) is 6.20 Å². The largest absolute Gasteiger partial charge is 0.342 e. The molecule has 134 valence electrons. The number of hydrogen-bond donors (Lipinski definition) is 1. The van der Waals surface area contributed by atoms with E-state index in [-0.39, 0.29) is 5.91 Å². The zero-order valence-electron chi connectivity index (χ0n) is 15.1. The minimum atomic E-state index is 0.245. The van der Waals surface area contributed by atoms with Crippen LogP contribution in [0.3, 0.4) is 0 Å². The Balaban J connectivity index is 1.48. The average Bonchev–Trinajstić information content (AvgIpc) is 3.06. The van der Waals surface area contributed by atoms with Gasteiger partial charge in [-0.3, -0.25) is 14.9 Å². The molecule has 1 aliphatic heterocycles. The summed E-state index contributed by atoms with van der Waals surface area (Å²) in [4.78, 5) is 21.1. The zero-order valence-corrected chi connectivity index (χ0v) is 15.1. The number of rotatable bonds is 6. The van der Waals surface area contributed by atoms with Gasteiger partial charge in [-0.05, 0) is 44.5 Å². The lowest BCUT2D eigenvalue weighted by Gasteiger charge is -2.33. The molecule has 3 heterocycles. The SMILES string of the molecule is Cc1cn[nH]c1[C@H]1CCCN(C(=O)CCN(C)Cc2ccccn2)C1. The van der Waals surface area contributed by atoms with Crippen LogP contribution in [0.25, 0.3) is 0 Å². The maximum Gasteiger partial charge on any atom is 0.223 e. The molecule has 1 aliphatic rings. The van der Waals surface area contributed by atoms with Crippen LogP contribution in [-0.2, 0) is 11.3 Å². The molecule has 1 amide bonds. The summed E-state index contributed by atoms with van der Waals surface area (Å²) < 4.78 is 0. The van der Waals surface area contributed by atoms with E-state index in [0.29, 0.717) is 12.3 Å².